The number of ether oxygens (including phenoxy) is 1. The number of aryl methyl sites for hydroxylation is 1. The van der Waals surface area contributed by atoms with E-state index >= 15 is 0 Å². The molecular weight excluding hydrogens is 390 g/mol. The van der Waals surface area contributed by atoms with E-state index < -0.39 is 10.0 Å². The van der Waals surface area contributed by atoms with Gasteiger partial charge in [0.15, 0.2) is 0 Å². The van der Waals surface area contributed by atoms with Crippen molar-refractivity contribution in [1.82, 2.24) is 14.4 Å². The van der Waals surface area contributed by atoms with Crippen molar-refractivity contribution in [2.24, 2.45) is 0 Å². The summed E-state index contributed by atoms with van der Waals surface area (Å²) in [4.78, 5) is 4.84. The molecule has 7 nitrogen and oxygen atoms in total. The molecule has 8 heteroatoms. The zero-order chi connectivity index (χ0) is 20.4. The zero-order valence-electron chi connectivity index (χ0n) is 16.4. The summed E-state index contributed by atoms with van der Waals surface area (Å²) in [6.45, 7) is 2.75. The van der Waals surface area contributed by atoms with Crippen LogP contribution in [0.15, 0.2) is 57.9 Å². The number of nitrogens with zero attached hydrogens (tertiary/aromatic N) is 3. The monoisotopic (exact) mass is 413 g/mol. The molecule has 29 heavy (non-hydrogen) atoms. The molecule has 4 rings (SSSR count). The number of benzene rings is 2. The smallest absolute Gasteiger partial charge is 0.243 e. The fourth-order valence-corrected chi connectivity index (χ4v) is 5.03. The maximum atomic E-state index is 13.0. The lowest BCUT2D eigenvalue weighted by molar-refractivity contribution is 0.265. The van der Waals surface area contributed by atoms with Crippen LogP contribution in [0.1, 0.15) is 30.2 Å². The molecule has 3 aromatic rings. The van der Waals surface area contributed by atoms with E-state index in [9.17, 15) is 8.42 Å². The first kappa shape index (κ1) is 19.6. The van der Waals surface area contributed by atoms with E-state index in [1.165, 1.54) is 4.31 Å². The molecule has 0 amide bonds. The molecule has 1 atom stereocenters. The Hall–Kier alpha value is -2.71. The minimum atomic E-state index is -3.55. The Morgan fingerprint density at radius 1 is 1.17 bits per heavy atom. The van der Waals surface area contributed by atoms with Gasteiger partial charge in [0.2, 0.25) is 21.7 Å². The molecule has 0 spiro atoms. The number of sulfonamides is 1. The van der Waals surface area contributed by atoms with Crippen molar-refractivity contribution in [3.05, 3.63) is 60.0 Å². The van der Waals surface area contributed by atoms with Crippen molar-refractivity contribution in [3.8, 4) is 17.1 Å². The van der Waals surface area contributed by atoms with Crippen molar-refractivity contribution >= 4 is 10.0 Å². The third-order valence-corrected chi connectivity index (χ3v) is 7.04. The molecule has 1 aromatic heterocycles. The van der Waals surface area contributed by atoms with E-state index in [2.05, 4.69) is 10.1 Å². The minimum Gasteiger partial charge on any atom is -0.497 e. The van der Waals surface area contributed by atoms with Gasteiger partial charge in [-0.15, -0.1) is 0 Å². The number of piperidine rings is 1. The molecule has 0 aliphatic carbocycles. The fourth-order valence-electron chi connectivity index (χ4n) is 3.50. The molecule has 0 N–H and O–H groups in total. The minimum absolute atomic E-state index is 0.129. The summed E-state index contributed by atoms with van der Waals surface area (Å²) in [6, 6.07) is 14.4. The molecule has 0 bridgehead atoms. The molecule has 1 aliphatic rings. The highest BCUT2D eigenvalue weighted by molar-refractivity contribution is 7.89. The highest BCUT2D eigenvalue weighted by Crippen LogP contribution is 2.31. The Bertz CT molecular complexity index is 1090. The Kier molecular flexibility index (Phi) is 5.38. The molecule has 1 aliphatic heterocycles. The van der Waals surface area contributed by atoms with E-state index in [0.717, 1.165) is 24.0 Å². The van der Waals surface area contributed by atoms with Crippen molar-refractivity contribution in [2.45, 2.75) is 30.6 Å². The van der Waals surface area contributed by atoms with Crippen LogP contribution in [0.2, 0.25) is 0 Å². The number of methoxy groups -OCH3 is 1. The normalized spacial score (nSPS) is 17.9. The van der Waals surface area contributed by atoms with Gasteiger partial charge in [-0.1, -0.05) is 35.0 Å². The summed E-state index contributed by atoms with van der Waals surface area (Å²) in [5.74, 6) is 1.52. The second kappa shape index (κ2) is 7.96. The van der Waals surface area contributed by atoms with Gasteiger partial charge in [0, 0.05) is 18.7 Å². The topological polar surface area (TPSA) is 85.5 Å². The number of rotatable bonds is 5. The van der Waals surface area contributed by atoms with Gasteiger partial charge in [0.1, 0.15) is 5.75 Å². The molecule has 0 radical (unpaired) electrons. The lowest BCUT2D eigenvalue weighted by atomic mass is 10.00. The molecule has 1 unspecified atom stereocenters. The van der Waals surface area contributed by atoms with E-state index in [1.807, 2.05) is 43.3 Å². The van der Waals surface area contributed by atoms with Crippen molar-refractivity contribution in [3.63, 3.8) is 0 Å². The summed E-state index contributed by atoms with van der Waals surface area (Å²) in [7, 11) is -1.94. The van der Waals surface area contributed by atoms with Crippen LogP contribution in [0.5, 0.6) is 5.75 Å². The van der Waals surface area contributed by atoms with Crippen LogP contribution < -0.4 is 4.74 Å². The number of hydrogen-bond donors (Lipinski definition) is 0. The van der Waals surface area contributed by atoms with Gasteiger partial charge in [-0.05, 0) is 44.0 Å². The number of hydrogen-bond acceptors (Lipinski definition) is 6. The van der Waals surface area contributed by atoms with Gasteiger partial charge in [0.05, 0.1) is 17.9 Å². The Morgan fingerprint density at radius 2 is 1.97 bits per heavy atom. The van der Waals surface area contributed by atoms with Crippen LogP contribution in [-0.4, -0.2) is 43.1 Å². The standard InChI is InChI=1S/C21H23N3O4S/c1-15-8-10-19(11-9-15)29(25,26)24-12-4-6-17(14-24)21-22-20(23-28-21)16-5-3-7-18(13-16)27-2/h3,5,7-11,13,17H,4,6,12,14H2,1-2H3. The molecule has 2 aromatic carbocycles. The van der Waals surface area contributed by atoms with Crippen LogP contribution in [0, 0.1) is 6.92 Å². The first-order valence-corrected chi connectivity index (χ1v) is 11.0. The third kappa shape index (κ3) is 4.04. The van der Waals surface area contributed by atoms with Gasteiger partial charge in [0.25, 0.3) is 0 Å². The van der Waals surface area contributed by atoms with Gasteiger partial charge in [-0.2, -0.15) is 9.29 Å². The van der Waals surface area contributed by atoms with E-state index in [4.69, 9.17) is 9.26 Å². The van der Waals surface area contributed by atoms with Crippen LogP contribution in [0.3, 0.4) is 0 Å². The maximum absolute atomic E-state index is 13.0. The summed E-state index contributed by atoms with van der Waals surface area (Å²) in [5, 5.41) is 4.08. The lowest BCUT2D eigenvalue weighted by Crippen LogP contribution is -2.39. The lowest BCUT2D eigenvalue weighted by Gasteiger charge is -2.30. The SMILES string of the molecule is COc1cccc(-c2noc(C3CCCN(S(=O)(=O)c4ccc(C)cc4)C3)n2)c1. The van der Waals surface area contributed by atoms with Crippen molar-refractivity contribution in [1.29, 1.82) is 0 Å². The molecule has 152 valence electrons. The van der Waals surface area contributed by atoms with Crippen LogP contribution in [0.25, 0.3) is 11.4 Å². The summed E-state index contributed by atoms with van der Waals surface area (Å²) in [5.41, 5.74) is 1.82. The highest BCUT2D eigenvalue weighted by atomic mass is 32.2. The van der Waals surface area contributed by atoms with Crippen LogP contribution >= 0.6 is 0 Å². The first-order chi connectivity index (χ1) is 14.0. The largest absolute Gasteiger partial charge is 0.497 e. The summed E-state index contributed by atoms with van der Waals surface area (Å²) in [6.07, 6.45) is 1.55. The second-order valence-corrected chi connectivity index (χ2v) is 9.14. The van der Waals surface area contributed by atoms with E-state index in [-0.39, 0.29) is 5.92 Å². The average Bonchev–Trinajstić information content (AvgIpc) is 3.25. The molecule has 2 heterocycles. The van der Waals surface area contributed by atoms with Crippen molar-refractivity contribution < 1.29 is 17.7 Å². The molecular formula is C21H23N3O4S. The predicted molar refractivity (Wildman–Crippen MR) is 108 cm³/mol. The zero-order valence-corrected chi connectivity index (χ0v) is 17.2. The molecule has 1 fully saturated rings. The molecule has 0 saturated carbocycles. The van der Waals surface area contributed by atoms with Gasteiger partial charge >= 0.3 is 0 Å². The average molecular weight is 413 g/mol. The Balaban J connectivity index is 1.54. The quantitative estimate of drug-likeness (QED) is 0.635. The summed E-state index contributed by atoms with van der Waals surface area (Å²) >= 11 is 0. The van der Waals surface area contributed by atoms with Gasteiger partial charge < -0.3 is 9.26 Å². The Morgan fingerprint density at radius 3 is 2.72 bits per heavy atom. The fraction of sp³-hybridized carbons (Fsp3) is 0.333. The predicted octanol–water partition coefficient (Wildman–Crippen LogP) is 3.62. The van der Waals surface area contributed by atoms with Crippen molar-refractivity contribution in [2.75, 3.05) is 20.2 Å². The molecule has 1 saturated heterocycles. The van der Waals surface area contributed by atoms with E-state index in [1.54, 1.807) is 19.2 Å². The van der Waals surface area contributed by atoms with E-state index in [0.29, 0.717) is 35.4 Å². The third-order valence-electron chi connectivity index (χ3n) is 5.16. The van der Waals surface area contributed by atoms with Gasteiger partial charge in [-0.25, -0.2) is 8.42 Å². The van der Waals surface area contributed by atoms with Gasteiger partial charge in [-0.3, -0.25) is 0 Å². The highest BCUT2D eigenvalue weighted by Gasteiger charge is 2.33. The van der Waals surface area contributed by atoms with Crippen LogP contribution in [0.4, 0.5) is 0 Å². The second-order valence-electron chi connectivity index (χ2n) is 7.20. The summed E-state index contributed by atoms with van der Waals surface area (Å²) < 4.78 is 38.3. The van der Waals surface area contributed by atoms with Crippen LogP contribution in [-0.2, 0) is 10.0 Å². The first-order valence-electron chi connectivity index (χ1n) is 9.52. The Labute approximate surface area is 170 Å². The maximum Gasteiger partial charge on any atom is 0.243 e. The number of aromatic nitrogens is 2.